The van der Waals surface area contributed by atoms with Crippen LogP contribution in [0.4, 0.5) is 4.79 Å². The highest BCUT2D eigenvalue weighted by atomic mass is 32.1. The number of amides is 3. The summed E-state index contributed by atoms with van der Waals surface area (Å²) in [5.74, 6) is -0.223. The van der Waals surface area contributed by atoms with Gasteiger partial charge in [0, 0.05) is 4.88 Å². The average Bonchev–Trinajstić information content (AvgIpc) is 3.37. The van der Waals surface area contributed by atoms with E-state index >= 15 is 0 Å². The van der Waals surface area contributed by atoms with Crippen molar-refractivity contribution in [2.24, 2.45) is 0 Å². The van der Waals surface area contributed by atoms with Gasteiger partial charge in [0.15, 0.2) is 0 Å². The van der Waals surface area contributed by atoms with Gasteiger partial charge in [-0.05, 0) is 53.9 Å². The summed E-state index contributed by atoms with van der Waals surface area (Å²) in [5, 5.41) is 2.55. The summed E-state index contributed by atoms with van der Waals surface area (Å²) in [6.45, 7) is 1.99. The van der Waals surface area contributed by atoms with E-state index in [1.165, 1.54) is 11.3 Å². The SMILES string of the molecule is CCC[C@H](NC(=O)OCc1ccccc1)C(=O)NNC(=O)c1ccc(-c2ccc(OC)cc2)s1. The molecule has 0 fully saturated rings. The monoisotopic (exact) mass is 481 g/mol. The Balaban J connectivity index is 1.51. The van der Waals surface area contributed by atoms with E-state index in [1.807, 2.05) is 67.6 Å². The largest absolute Gasteiger partial charge is 0.497 e. The molecule has 3 amide bonds. The Morgan fingerprint density at radius 1 is 0.941 bits per heavy atom. The molecular formula is C25H27N3O5S. The Morgan fingerprint density at radius 2 is 1.68 bits per heavy atom. The van der Waals surface area contributed by atoms with Crippen molar-refractivity contribution in [2.75, 3.05) is 7.11 Å². The van der Waals surface area contributed by atoms with Crippen LogP contribution < -0.4 is 20.9 Å². The van der Waals surface area contributed by atoms with E-state index in [0.717, 1.165) is 21.8 Å². The van der Waals surface area contributed by atoms with Gasteiger partial charge in [-0.15, -0.1) is 11.3 Å². The molecule has 0 bridgehead atoms. The topological polar surface area (TPSA) is 106 Å². The zero-order valence-corrected chi connectivity index (χ0v) is 19.8. The molecule has 2 aromatic carbocycles. The third kappa shape index (κ3) is 7.08. The fourth-order valence-electron chi connectivity index (χ4n) is 3.10. The molecule has 3 N–H and O–H groups in total. The van der Waals surface area contributed by atoms with Gasteiger partial charge in [-0.3, -0.25) is 20.4 Å². The maximum atomic E-state index is 12.6. The molecule has 0 aliphatic rings. The summed E-state index contributed by atoms with van der Waals surface area (Å²) < 4.78 is 10.3. The highest BCUT2D eigenvalue weighted by Gasteiger charge is 2.21. The number of carbonyl (C=O) groups excluding carboxylic acids is 3. The second kappa shape index (κ2) is 12.4. The van der Waals surface area contributed by atoms with Crippen LogP contribution in [0.15, 0.2) is 66.7 Å². The third-order valence-corrected chi connectivity index (χ3v) is 6.04. The van der Waals surface area contributed by atoms with Crippen LogP contribution in [0.3, 0.4) is 0 Å². The lowest BCUT2D eigenvalue weighted by molar-refractivity contribution is -0.124. The Hall–Kier alpha value is -3.85. The van der Waals surface area contributed by atoms with Crippen LogP contribution in [-0.4, -0.2) is 31.1 Å². The highest BCUT2D eigenvalue weighted by Crippen LogP contribution is 2.29. The summed E-state index contributed by atoms with van der Waals surface area (Å²) in [6.07, 6.45) is 0.343. The number of hydrazine groups is 1. The minimum atomic E-state index is -0.841. The number of methoxy groups -OCH3 is 1. The van der Waals surface area contributed by atoms with Crippen LogP contribution in [0.2, 0.25) is 0 Å². The summed E-state index contributed by atoms with van der Waals surface area (Å²) in [6, 6.07) is 19.4. The predicted octanol–water partition coefficient (Wildman–Crippen LogP) is 4.28. The molecule has 0 saturated carbocycles. The van der Waals surface area contributed by atoms with Crippen molar-refractivity contribution in [3.05, 3.63) is 77.2 Å². The first-order chi connectivity index (χ1) is 16.5. The van der Waals surface area contributed by atoms with Gasteiger partial charge in [0.2, 0.25) is 0 Å². The van der Waals surface area contributed by atoms with Crippen molar-refractivity contribution < 1.29 is 23.9 Å². The molecule has 34 heavy (non-hydrogen) atoms. The van der Waals surface area contributed by atoms with Crippen LogP contribution in [-0.2, 0) is 16.1 Å². The lowest BCUT2D eigenvalue weighted by atomic mass is 10.1. The molecule has 1 atom stereocenters. The van der Waals surface area contributed by atoms with Gasteiger partial charge in [0.05, 0.1) is 12.0 Å². The summed E-state index contributed by atoms with van der Waals surface area (Å²) in [7, 11) is 1.60. The van der Waals surface area contributed by atoms with Gasteiger partial charge in [-0.2, -0.15) is 0 Å². The molecule has 8 nitrogen and oxygen atoms in total. The minimum absolute atomic E-state index is 0.0960. The van der Waals surface area contributed by atoms with E-state index in [0.29, 0.717) is 17.7 Å². The smallest absolute Gasteiger partial charge is 0.408 e. The molecule has 1 heterocycles. The zero-order chi connectivity index (χ0) is 24.3. The standard InChI is InChI=1S/C25H27N3O5S/c1-3-7-20(26-25(31)33-16-17-8-5-4-6-9-17)23(29)27-28-24(30)22-15-14-21(34-22)18-10-12-19(32-2)13-11-18/h4-6,8-15,20H,3,7,16H2,1-2H3,(H,26,31)(H,27,29)(H,28,30)/t20-/m0/s1. The molecule has 1 aromatic heterocycles. The summed E-state index contributed by atoms with van der Waals surface area (Å²) >= 11 is 1.30. The van der Waals surface area contributed by atoms with Crippen LogP contribution in [0.1, 0.15) is 35.0 Å². The molecule has 178 valence electrons. The molecule has 0 unspecified atom stereocenters. The maximum absolute atomic E-state index is 12.6. The fraction of sp³-hybridized carbons (Fsp3) is 0.240. The van der Waals surface area contributed by atoms with Crippen molar-refractivity contribution in [3.8, 4) is 16.2 Å². The number of hydrogen-bond acceptors (Lipinski definition) is 6. The van der Waals surface area contributed by atoms with Gasteiger partial charge in [-0.1, -0.05) is 43.7 Å². The lowest BCUT2D eigenvalue weighted by Gasteiger charge is -2.18. The number of thiophene rings is 1. The third-order valence-electron chi connectivity index (χ3n) is 4.90. The average molecular weight is 482 g/mol. The first-order valence-corrected chi connectivity index (χ1v) is 11.6. The number of hydrogen-bond donors (Lipinski definition) is 3. The number of nitrogens with one attached hydrogen (secondary N) is 3. The normalized spacial score (nSPS) is 11.2. The molecule has 0 aliphatic carbocycles. The fourth-order valence-corrected chi connectivity index (χ4v) is 4.01. The van der Waals surface area contributed by atoms with Crippen LogP contribution >= 0.6 is 11.3 Å². The van der Waals surface area contributed by atoms with Crippen molar-refractivity contribution in [3.63, 3.8) is 0 Å². The van der Waals surface area contributed by atoms with Crippen LogP contribution in [0.25, 0.3) is 10.4 Å². The quantitative estimate of drug-likeness (QED) is 0.396. The van der Waals surface area contributed by atoms with E-state index in [4.69, 9.17) is 9.47 Å². The number of benzene rings is 2. The Kier molecular flexibility index (Phi) is 9.04. The molecule has 9 heteroatoms. The summed E-state index contributed by atoms with van der Waals surface area (Å²) in [4.78, 5) is 38.6. The maximum Gasteiger partial charge on any atom is 0.408 e. The predicted molar refractivity (Wildman–Crippen MR) is 130 cm³/mol. The van der Waals surface area contributed by atoms with Crippen LogP contribution in [0, 0.1) is 0 Å². The zero-order valence-electron chi connectivity index (χ0n) is 19.0. The van der Waals surface area contributed by atoms with Gasteiger partial charge >= 0.3 is 6.09 Å². The van der Waals surface area contributed by atoms with Crippen molar-refractivity contribution in [1.29, 1.82) is 0 Å². The second-order valence-corrected chi connectivity index (χ2v) is 8.47. The first kappa shape index (κ1) is 24.8. The molecule has 0 aliphatic heterocycles. The van der Waals surface area contributed by atoms with Crippen molar-refractivity contribution >= 4 is 29.2 Å². The first-order valence-electron chi connectivity index (χ1n) is 10.8. The van der Waals surface area contributed by atoms with Crippen molar-refractivity contribution in [2.45, 2.75) is 32.4 Å². The molecule has 0 spiro atoms. The van der Waals surface area contributed by atoms with E-state index in [-0.39, 0.29) is 6.61 Å². The number of rotatable bonds is 9. The number of alkyl carbamates (subject to hydrolysis) is 1. The second-order valence-electron chi connectivity index (χ2n) is 7.38. The Bertz CT molecular complexity index is 1100. The molecule has 0 saturated heterocycles. The molecular weight excluding hydrogens is 454 g/mol. The van der Waals surface area contributed by atoms with Gasteiger partial charge < -0.3 is 14.8 Å². The van der Waals surface area contributed by atoms with Gasteiger partial charge in [0.25, 0.3) is 11.8 Å². The van der Waals surface area contributed by atoms with Crippen molar-refractivity contribution in [1.82, 2.24) is 16.2 Å². The Morgan fingerprint density at radius 3 is 2.35 bits per heavy atom. The van der Waals surface area contributed by atoms with Crippen LogP contribution in [0.5, 0.6) is 5.75 Å². The van der Waals surface area contributed by atoms with E-state index < -0.39 is 23.9 Å². The number of ether oxygens (including phenoxy) is 2. The van der Waals surface area contributed by atoms with E-state index in [2.05, 4.69) is 16.2 Å². The highest BCUT2D eigenvalue weighted by molar-refractivity contribution is 7.17. The van der Waals surface area contributed by atoms with E-state index in [1.54, 1.807) is 13.2 Å². The lowest BCUT2D eigenvalue weighted by Crippen LogP contribution is -2.52. The molecule has 3 aromatic rings. The van der Waals surface area contributed by atoms with Gasteiger partial charge in [0.1, 0.15) is 18.4 Å². The number of carbonyl (C=O) groups is 3. The van der Waals surface area contributed by atoms with Gasteiger partial charge in [-0.25, -0.2) is 4.79 Å². The van der Waals surface area contributed by atoms with E-state index in [9.17, 15) is 14.4 Å². The molecule has 3 rings (SSSR count). The summed E-state index contributed by atoms with van der Waals surface area (Å²) in [5.41, 5.74) is 6.60. The minimum Gasteiger partial charge on any atom is -0.497 e. The Labute approximate surface area is 202 Å². The molecule has 0 radical (unpaired) electrons.